The van der Waals surface area contributed by atoms with E-state index >= 15 is 0 Å². The Morgan fingerprint density at radius 2 is 1.79 bits per heavy atom. The van der Waals surface area contributed by atoms with Crippen LogP contribution in [0.2, 0.25) is 5.02 Å². The lowest BCUT2D eigenvalue weighted by atomic mass is 10.1. The van der Waals surface area contributed by atoms with Crippen molar-refractivity contribution in [3.05, 3.63) is 71.3 Å². The van der Waals surface area contributed by atoms with Crippen molar-refractivity contribution in [3.63, 3.8) is 0 Å². The number of nitrogen functional groups attached to an aromatic ring is 1. The Balaban J connectivity index is 1.91. The molecule has 122 valence electrons. The highest BCUT2D eigenvalue weighted by Gasteiger charge is 2.14. The Labute approximate surface area is 144 Å². The van der Waals surface area contributed by atoms with Crippen molar-refractivity contribution >= 4 is 23.1 Å². The van der Waals surface area contributed by atoms with Gasteiger partial charge in [0.25, 0.3) is 0 Å². The Kier molecular flexibility index (Phi) is 4.62. The summed E-state index contributed by atoms with van der Waals surface area (Å²) in [5, 5.41) is 3.66. The van der Waals surface area contributed by atoms with Gasteiger partial charge in [-0.05, 0) is 36.8 Å². The van der Waals surface area contributed by atoms with Crippen LogP contribution in [-0.4, -0.2) is 9.97 Å². The first kappa shape index (κ1) is 16.2. The lowest BCUT2D eigenvalue weighted by molar-refractivity contribution is 0.626. The molecule has 3 aromatic rings. The second kappa shape index (κ2) is 6.84. The van der Waals surface area contributed by atoms with Crippen LogP contribution in [-0.2, 0) is 0 Å². The van der Waals surface area contributed by atoms with E-state index in [1.165, 1.54) is 12.1 Å². The Morgan fingerprint density at radius 1 is 1.08 bits per heavy atom. The molecule has 0 unspecified atom stereocenters. The number of halogens is 2. The fourth-order valence-corrected chi connectivity index (χ4v) is 2.76. The topological polar surface area (TPSA) is 63.8 Å². The van der Waals surface area contributed by atoms with Crippen LogP contribution in [0, 0.1) is 5.82 Å². The zero-order valence-electron chi connectivity index (χ0n) is 13.0. The monoisotopic (exact) mass is 342 g/mol. The smallest absolute Gasteiger partial charge is 0.153 e. The summed E-state index contributed by atoms with van der Waals surface area (Å²) in [5.41, 5.74) is 8.81. The highest BCUT2D eigenvalue weighted by atomic mass is 35.5. The molecule has 0 radical (unpaired) electrons. The van der Waals surface area contributed by atoms with Gasteiger partial charge in [-0.25, -0.2) is 9.37 Å². The third-order valence-electron chi connectivity index (χ3n) is 3.66. The van der Waals surface area contributed by atoms with E-state index < -0.39 is 0 Å². The molecule has 0 bridgehead atoms. The quantitative estimate of drug-likeness (QED) is 0.675. The molecule has 1 aromatic heterocycles. The molecule has 3 N–H and O–H groups in total. The van der Waals surface area contributed by atoms with Gasteiger partial charge >= 0.3 is 0 Å². The molecule has 0 fully saturated rings. The molecule has 1 atom stereocenters. The highest BCUT2D eigenvalue weighted by Crippen LogP contribution is 2.30. The van der Waals surface area contributed by atoms with Crippen LogP contribution >= 0.6 is 11.6 Å². The fraction of sp³-hybridized carbons (Fsp3) is 0.111. The van der Waals surface area contributed by atoms with Crippen LogP contribution in [0.1, 0.15) is 18.5 Å². The number of hydrogen-bond acceptors (Lipinski definition) is 4. The van der Waals surface area contributed by atoms with Gasteiger partial charge in [0.05, 0.1) is 6.04 Å². The van der Waals surface area contributed by atoms with Gasteiger partial charge in [-0.1, -0.05) is 29.8 Å². The number of anilines is 2. The zero-order valence-corrected chi connectivity index (χ0v) is 13.8. The maximum Gasteiger partial charge on any atom is 0.153 e. The van der Waals surface area contributed by atoms with E-state index in [0.717, 1.165) is 11.1 Å². The number of nitrogens with two attached hydrogens (primary N) is 1. The molecule has 6 heteroatoms. The van der Waals surface area contributed by atoms with Crippen LogP contribution in [0.25, 0.3) is 11.3 Å². The minimum absolute atomic E-state index is 0.165. The van der Waals surface area contributed by atoms with Crippen LogP contribution in [0.15, 0.2) is 54.9 Å². The SMILES string of the molecule is C[C@H](Nc1nccnc1-c1ccc(N)cc1)c1ccc(F)cc1Cl. The van der Waals surface area contributed by atoms with Crippen molar-refractivity contribution in [2.75, 3.05) is 11.1 Å². The molecular weight excluding hydrogens is 327 g/mol. The highest BCUT2D eigenvalue weighted by molar-refractivity contribution is 6.31. The molecule has 0 saturated heterocycles. The lowest BCUT2D eigenvalue weighted by Gasteiger charge is -2.18. The fourth-order valence-electron chi connectivity index (χ4n) is 2.43. The average molecular weight is 343 g/mol. The van der Waals surface area contributed by atoms with E-state index in [4.69, 9.17) is 17.3 Å². The summed E-state index contributed by atoms with van der Waals surface area (Å²) in [7, 11) is 0. The average Bonchev–Trinajstić information content (AvgIpc) is 2.56. The first-order valence-electron chi connectivity index (χ1n) is 7.43. The van der Waals surface area contributed by atoms with Crippen molar-refractivity contribution < 1.29 is 4.39 Å². The zero-order chi connectivity index (χ0) is 17.1. The first-order valence-corrected chi connectivity index (χ1v) is 7.81. The minimum Gasteiger partial charge on any atom is -0.399 e. The number of nitrogens with one attached hydrogen (secondary N) is 1. The summed E-state index contributed by atoms with van der Waals surface area (Å²) >= 11 is 6.13. The largest absolute Gasteiger partial charge is 0.399 e. The summed E-state index contributed by atoms with van der Waals surface area (Å²) in [6.07, 6.45) is 3.24. The third kappa shape index (κ3) is 3.46. The van der Waals surface area contributed by atoms with Crippen LogP contribution in [0.5, 0.6) is 0 Å². The molecule has 3 rings (SSSR count). The Morgan fingerprint density at radius 3 is 2.50 bits per heavy atom. The van der Waals surface area contributed by atoms with Crippen molar-refractivity contribution in [2.24, 2.45) is 0 Å². The second-order valence-corrected chi connectivity index (χ2v) is 5.81. The van der Waals surface area contributed by atoms with E-state index in [9.17, 15) is 4.39 Å². The van der Waals surface area contributed by atoms with Gasteiger partial charge in [-0.15, -0.1) is 0 Å². The molecule has 1 heterocycles. The van der Waals surface area contributed by atoms with Gasteiger partial charge < -0.3 is 11.1 Å². The predicted molar refractivity (Wildman–Crippen MR) is 95.3 cm³/mol. The van der Waals surface area contributed by atoms with Gasteiger partial charge in [0.15, 0.2) is 5.82 Å². The number of aromatic nitrogens is 2. The third-order valence-corrected chi connectivity index (χ3v) is 3.99. The van der Waals surface area contributed by atoms with E-state index in [2.05, 4.69) is 15.3 Å². The van der Waals surface area contributed by atoms with E-state index in [1.54, 1.807) is 18.5 Å². The molecular formula is C18H16ClFN4. The lowest BCUT2D eigenvalue weighted by Crippen LogP contribution is -2.10. The van der Waals surface area contributed by atoms with Gasteiger partial charge in [-0.2, -0.15) is 0 Å². The Bertz CT molecular complexity index is 852. The molecule has 0 amide bonds. The van der Waals surface area contributed by atoms with Crippen LogP contribution < -0.4 is 11.1 Å². The molecule has 0 spiro atoms. The van der Waals surface area contributed by atoms with Crippen LogP contribution in [0.4, 0.5) is 15.9 Å². The Hall–Kier alpha value is -2.66. The van der Waals surface area contributed by atoms with E-state index in [1.807, 2.05) is 31.2 Å². The maximum absolute atomic E-state index is 13.2. The molecule has 0 aliphatic carbocycles. The molecule has 24 heavy (non-hydrogen) atoms. The van der Waals surface area contributed by atoms with Gasteiger partial charge in [-0.3, -0.25) is 4.98 Å². The summed E-state index contributed by atoms with van der Waals surface area (Å²) in [6.45, 7) is 1.93. The number of rotatable bonds is 4. The second-order valence-electron chi connectivity index (χ2n) is 5.41. The maximum atomic E-state index is 13.2. The van der Waals surface area contributed by atoms with Crippen LogP contribution in [0.3, 0.4) is 0 Å². The van der Waals surface area contributed by atoms with E-state index in [0.29, 0.717) is 22.2 Å². The van der Waals surface area contributed by atoms with E-state index in [-0.39, 0.29) is 11.9 Å². The number of benzene rings is 2. The molecule has 4 nitrogen and oxygen atoms in total. The molecule has 0 saturated carbocycles. The number of hydrogen-bond donors (Lipinski definition) is 2. The first-order chi connectivity index (χ1) is 11.5. The normalized spacial score (nSPS) is 12.0. The summed E-state index contributed by atoms with van der Waals surface area (Å²) in [6, 6.07) is 11.6. The number of nitrogens with zero attached hydrogens (tertiary/aromatic N) is 2. The van der Waals surface area contributed by atoms with Crippen molar-refractivity contribution in [1.82, 2.24) is 9.97 Å². The molecule has 0 aliphatic rings. The van der Waals surface area contributed by atoms with Crippen molar-refractivity contribution in [1.29, 1.82) is 0 Å². The van der Waals surface area contributed by atoms with Gasteiger partial charge in [0, 0.05) is 28.7 Å². The summed E-state index contributed by atoms with van der Waals surface area (Å²) in [4.78, 5) is 8.77. The van der Waals surface area contributed by atoms with Gasteiger partial charge in [0.2, 0.25) is 0 Å². The predicted octanol–water partition coefficient (Wildman–Crippen LogP) is 4.69. The molecule has 0 aliphatic heterocycles. The molecule has 2 aromatic carbocycles. The minimum atomic E-state index is -0.363. The van der Waals surface area contributed by atoms with Gasteiger partial charge in [0.1, 0.15) is 11.5 Å². The summed E-state index contributed by atoms with van der Waals surface area (Å²) < 4.78 is 13.2. The standard InChI is InChI=1S/C18H16ClFN4/c1-11(15-7-4-13(20)10-16(15)19)24-18-17(22-8-9-23-18)12-2-5-14(21)6-3-12/h2-11H,21H2,1H3,(H,23,24)/t11-/m0/s1. The van der Waals surface area contributed by atoms with Crippen molar-refractivity contribution in [2.45, 2.75) is 13.0 Å². The van der Waals surface area contributed by atoms with Crippen molar-refractivity contribution in [3.8, 4) is 11.3 Å². The summed E-state index contributed by atoms with van der Waals surface area (Å²) in [5.74, 6) is 0.258.